The van der Waals surface area contributed by atoms with E-state index in [0.29, 0.717) is 23.7 Å². The molecule has 2 N–H and O–H groups in total. The van der Waals surface area contributed by atoms with Gasteiger partial charge in [0.1, 0.15) is 6.04 Å². The molecule has 1 saturated heterocycles. The third kappa shape index (κ3) is 6.18. The Hall–Kier alpha value is -2.19. The average molecular weight is 412 g/mol. The van der Waals surface area contributed by atoms with E-state index in [4.69, 9.17) is 28.6 Å². The second-order valence-electron chi connectivity index (χ2n) is 6.55. The number of nitrogens with one attached hydrogen (secondary N) is 2. The van der Waals surface area contributed by atoms with Gasteiger partial charge in [-0.25, -0.2) is 0 Å². The maximum absolute atomic E-state index is 12.4. The summed E-state index contributed by atoms with van der Waals surface area (Å²) in [7, 11) is 0. The summed E-state index contributed by atoms with van der Waals surface area (Å²) in [4.78, 5) is 38.2. The van der Waals surface area contributed by atoms with Gasteiger partial charge >= 0.3 is 5.97 Å². The first-order valence-corrected chi connectivity index (χ1v) is 9.37. The number of piperazine rings is 1. The minimum absolute atomic E-state index is 0.0801. The van der Waals surface area contributed by atoms with Crippen LogP contribution in [0.25, 0.3) is 0 Å². The Morgan fingerprint density at radius 2 is 2.19 bits per heavy atom. The Bertz CT molecular complexity index is 741. The number of benzene rings is 1. The second kappa shape index (κ2) is 9.66. The predicted octanol–water partition coefficient (Wildman–Crippen LogP) is 1.74. The lowest BCUT2D eigenvalue weighted by molar-refractivity contribution is -0.148. The number of carbonyl (C=O) groups excluding carboxylic acids is 3. The smallest absolute Gasteiger partial charge is 0.308 e. The van der Waals surface area contributed by atoms with Gasteiger partial charge in [-0.2, -0.15) is 0 Å². The molecule has 2 rings (SSSR count). The van der Waals surface area contributed by atoms with Crippen molar-refractivity contribution in [1.29, 1.82) is 0 Å². The number of halogens is 1. The Labute approximate surface area is 168 Å². The van der Waals surface area contributed by atoms with E-state index in [1.807, 2.05) is 13.8 Å². The van der Waals surface area contributed by atoms with Crippen LogP contribution < -0.4 is 10.6 Å². The van der Waals surface area contributed by atoms with Gasteiger partial charge in [0.05, 0.1) is 13.0 Å². The van der Waals surface area contributed by atoms with Crippen molar-refractivity contribution in [2.45, 2.75) is 26.3 Å². The van der Waals surface area contributed by atoms with Gasteiger partial charge in [-0.3, -0.25) is 19.7 Å². The highest BCUT2D eigenvalue weighted by Gasteiger charge is 2.34. The Balaban J connectivity index is 2.03. The van der Waals surface area contributed by atoms with Gasteiger partial charge in [0, 0.05) is 23.7 Å². The van der Waals surface area contributed by atoms with E-state index < -0.39 is 17.9 Å². The van der Waals surface area contributed by atoms with Crippen LogP contribution in [0.4, 0.5) is 0 Å². The van der Waals surface area contributed by atoms with Crippen molar-refractivity contribution >= 4 is 46.7 Å². The quantitative estimate of drug-likeness (QED) is 0.567. The van der Waals surface area contributed by atoms with Crippen LogP contribution in [0.3, 0.4) is 0 Å². The molecule has 0 saturated carbocycles. The molecular weight excluding hydrogens is 390 g/mol. The number of thiocarbonyl (C=S) groups is 1. The largest absolute Gasteiger partial charge is 0.465 e. The molecule has 1 aromatic rings. The zero-order valence-electron chi connectivity index (χ0n) is 15.2. The molecule has 1 aliphatic rings. The van der Waals surface area contributed by atoms with Crippen molar-refractivity contribution < 1.29 is 19.1 Å². The average Bonchev–Trinajstić information content (AvgIpc) is 2.61. The molecule has 27 heavy (non-hydrogen) atoms. The number of carbonyl (C=O) groups is 3. The van der Waals surface area contributed by atoms with Crippen LogP contribution in [-0.2, 0) is 14.3 Å². The highest BCUT2D eigenvalue weighted by Crippen LogP contribution is 2.13. The van der Waals surface area contributed by atoms with E-state index in [1.165, 1.54) is 11.0 Å². The third-order valence-electron chi connectivity index (χ3n) is 3.84. The molecule has 7 nitrogen and oxygen atoms in total. The topological polar surface area (TPSA) is 87.7 Å². The molecule has 1 unspecified atom stereocenters. The molecule has 2 amide bonds. The standard InChI is InChI=1S/C18H22ClN3O4S/c1-11(2)10-26-15(23)9-14-17(25)20-6-7-22(14)18(27)21-16(24)12-4-3-5-13(19)8-12/h3-5,8,11,14H,6-7,9-10H2,1-2H3,(H,20,25)(H,21,24,27). The minimum Gasteiger partial charge on any atom is -0.465 e. The summed E-state index contributed by atoms with van der Waals surface area (Å²) in [5.74, 6) is -1.06. The van der Waals surface area contributed by atoms with Gasteiger partial charge in [0.25, 0.3) is 5.91 Å². The second-order valence-corrected chi connectivity index (χ2v) is 7.37. The summed E-state index contributed by atoms with van der Waals surface area (Å²) in [6.07, 6.45) is -0.147. The third-order valence-corrected chi connectivity index (χ3v) is 4.41. The first-order valence-electron chi connectivity index (χ1n) is 8.58. The molecule has 1 aromatic carbocycles. The van der Waals surface area contributed by atoms with Crippen molar-refractivity contribution in [3.05, 3.63) is 34.9 Å². The molecule has 0 aromatic heterocycles. The molecule has 9 heteroatoms. The summed E-state index contributed by atoms with van der Waals surface area (Å²) in [6.45, 7) is 4.87. The summed E-state index contributed by atoms with van der Waals surface area (Å²) in [6, 6.07) is 5.61. The fraction of sp³-hybridized carbons (Fsp3) is 0.444. The van der Waals surface area contributed by atoms with E-state index in [9.17, 15) is 14.4 Å². The SMILES string of the molecule is CC(C)COC(=O)CC1C(=O)NCCN1C(=S)NC(=O)c1cccc(Cl)c1. The monoisotopic (exact) mass is 411 g/mol. The van der Waals surface area contributed by atoms with Crippen molar-refractivity contribution in [2.75, 3.05) is 19.7 Å². The molecule has 0 spiro atoms. The molecule has 146 valence electrons. The lowest BCUT2D eigenvalue weighted by Crippen LogP contribution is -2.60. The zero-order chi connectivity index (χ0) is 20.0. The van der Waals surface area contributed by atoms with Gasteiger partial charge in [-0.05, 0) is 36.3 Å². The van der Waals surface area contributed by atoms with Gasteiger partial charge in [0.15, 0.2) is 5.11 Å². The summed E-state index contributed by atoms with van der Waals surface area (Å²) < 4.78 is 5.16. The molecule has 0 bridgehead atoms. The van der Waals surface area contributed by atoms with Crippen LogP contribution in [0.1, 0.15) is 30.6 Å². The first-order chi connectivity index (χ1) is 12.8. The van der Waals surface area contributed by atoms with Crippen molar-refractivity contribution in [3.8, 4) is 0 Å². The number of ether oxygens (including phenoxy) is 1. The Kier molecular flexibility index (Phi) is 7.55. The number of amides is 2. The fourth-order valence-corrected chi connectivity index (χ4v) is 3.01. The molecule has 1 aliphatic heterocycles. The maximum atomic E-state index is 12.4. The Morgan fingerprint density at radius 1 is 1.44 bits per heavy atom. The molecule has 1 fully saturated rings. The molecule has 0 radical (unpaired) electrons. The maximum Gasteiger partial charge on any atom is 0.308 e. The number of nitrogens with zero attached hydrogens (tertiary/aromatic N) is 1. The van der Waals surface area contributed by atoms with E-state index in [0.717, 1.165) is 0 Å². The van der Waals surface area contributed by atoms with Crippen LogP contribution in [0.5, 0.6) is 0 Å². The predicted molar refractivity (Wildman–Crippen MR) is 105 cm³/mol. The van der Waals surface area contributed by atoms with Crippen LogP contribution in [-0.4, -0.2) is 53.5 Å². The van der Waals surface area contributed by atoms with E-state index >= 15 is 0 Å². The van der Waals surface area contributed by atoms with Crippen molar-refractivity contribution in [3.63, 3.8) is 0 Å². The summed E-state index contributed by atoms with van der Waals surface area (Å²) in [5.41, 5.74) is 0.346. The summed E-state index contributed by atoms with van der Waals surface area (Å²) >= 11 is 11.2. The molecule has 0 aliphatic carbocycles. The highest BCUT2D eigenvalue weighted by atomic mass is 35.5. The zero-order valence-corrected chi connectivity index (χ0v) is 16.7. The van der Waals surface area contributed by atoms with Crippen LogP contribution in [0.2, 0.25) is 5.02 Å². The van der Waals surface area contributed by atoms with Crippen molar-refractivity contribution in [2.24, 2.45) is 5.92 Å². The van der Waals surface area contributed by atoms with E-state index in [1.54, 1.807) is 18.2 Å². The molecule has 1 atom stereocenters. The number of hydrogen-bond acceptors (Lipinski definition) is 5. The van der Waals surface area contributed by atoms with E-state index in [-0.39, 0.29) is 30.0 Å². The Morgan fingerprint density at radius 3 is 2.85 bits per heavy atom. The van der Waals surface area contributed by atoms with Crippen LogP contribution >= 0.6 is 23.8 Å². The van der Waals surface area contributed by atoms with E-state index in [2.05, 4.69) is 10.6 Å². The highest BCUT2D eigenvalue weighted by molar-refractivity contribution is 7.80. The number of hydrogen-bond donors (Lipinski definition) is 2. The number of esters is 1. The minimum atomic E-state index is -0.828. The van der Waals surface area contributed by atoms with Crippen LogP contribution in [0, 0.1) is 5.92 Å². The fourth-order valence-electron chi connectivity index (χ4n) is 2.51. The van der Waals surface area contributed by atoms with Gasteiger partial charge < -0.3 is 15.0 Å². The normalized spacial score (nSPS) is 16.7. The lowest BCUT2D eigenvalue weighted by atomic mass is 10.1. The molecule has 1 heterocycles. The molecular formula is C18H22ClN3O4S. The lowest BCUT2D eigenvalue weighted by Gasteiger charge is -2.36. The number of rotatable bonds is 5. The van der Waals surface area contributed by atoms with Crippen molar-refractivity contribution in [1.82, 2.24) is 15.5 Å². The van der Waals surface area contributed by atoms with Crippen LogP contribution in [0.15, 0.2) is 24.3 Å². The van der Waals surface area contributed by atoms with Gasteiger partial charge in [-0.1, -0.05) is 31.5 Å². The van der Waals surface area contributed by atoms with Gasteiger partial charge in [0.2, 0.25) is 5.91 Å². The summed E-state index contributed by atoms with van der Waals surface area (Å²) in [5, 5.41) is 5.80. The first kappa shape index (κ1) is 21.1. The van der Waals surface area contributed by atoms with Gasteiger partial charge in [-0.15, -0.1) is 0 Å².